The minimum atomic E-state index is -3.79. The van der Waals surface area contributed by atoms with E-state index in [0.29, 0.717) is 35.3 Å². The highest BCUT2D eigenvalue weighted by Crippen LogP contribution is 2.19. The Balaban J connectivity index is 1.40. The Morgan fingerprint density at radius 1 is 1.19 bits per heavy atom. The van der Waals surface area contributed by atoms with Gasteiger partial charge >= 0.3 is 0 Å². The second-order valence-electron chi connectivity index (χ2n) is 6.30. The highest BCUT2D eigenvalue weighted by atomic mass is 32.2. The summed E-state index contributed by atoms with van der Waals surface area (Å²) in [7, 11) is -3.79. The van der Waals surface area contributed by atoms with E-state index in [1.807, 2.05) is 0 Å². The van der Waals surface area contributed by atoms with E-state index in [1.165, 1.54) is 42.1 Å². The molecule has 2 aromatic heterocycles. The van der Waals surface area contributed by atoms with Crippen molar-refractivity contribution in [3.8, 4) is 0 Å². The van der Waals surface area contributed by atoms with Crippen molar-refractivity contribution in [1.82, 2.24) is 20.2 Å². The summed E-state index contributed by atoms with van der Waals surface area (Å²) < 4.78 is 28.0. The molecule has 1 amide bonds. The molecule has 0 fully saturated rings. The molecule has 0 spiro atoms. The van der Waals surface area contributed by atoms with Crippen molar-refractivity contribution in [1.29, 1.82) is 0 Å². The van der Waals surface area contributed by atoms with Gasteiger partial charge in [-0.3, -0.25) is 9.59 Å². The number of sulfonamides is 1. The van der Waals surface area contributed by atoms with Crippen molar-refractivity contribution >= 4 is 51.0 Å². The van der Waals surface area contributed by atoms with Gasteiger partial charge < -0.3 is 20.5 Å². The van der Waals surface area contributed by atoms with Crippen molar-refractivity contribution in [2.45, 2.75) is 28.1 Å². The van der Waals surface area contributed by atoms with Crippen molar-refractivity contribution in [2.75, 3.05) is 22.6 Å². The first-order valence-corrected chi connectivity index (χ1v) is 12.6. The Kier molecular flexibility index (Phi) is 7.89. The molecule has 0 saturated heterocycles. The van der Waals surface area contributed by atoms with Crippen LogP contribution in [-0.2, 0) is 21.2 Å². The van der Waals surface area contributed by atoms with E-state index in [2.05, 4.69) is 25.5 Å². The highest BCUT2D eigenvalue weighted by molar-refractivity contribution is 7.99. The van der Waals surface area contributed by atoms with Gasteiger partial charge in [0.15, 0.2) is 5.16 Å². The van der Waals surface area contributed by atoms with Gasteiger partial charge in [-0.25, -0.2) is 18.5 Å². The van der Waals surface area contributed by atoms with Gasteiger partial charge in [-0.15, -0.1) is 10.2 Å². The second-order valence-corrected chi connectivity index (χ2v) is 9.87. The molecule has 0 radical (unpaired) electrons. The van der Waals surface area contributed by atoms with Crippen LogP contribution in [0.1, 0.15) is 12.3 Å². The number of thioether (sulfide) groups is 2. The molecule has 3 rings (SSSR count). The van der Waals surface area contributed by atoms with E-state index >= 15 is 0 Å². The number of amides is 1. The molecule has 0 atom stereocenters. The number of aryl methyl sites for hydroxylation is 1. The number of rotatable bonds is 10. The molecule has 0 aliphatic rings. The molecule has 12 nitrogen and oxygen atoms in total. The third kappa shape index (κ3) is 7.37. The van der Waals surface area contributed by atoms with Crippen LogP contribution in [0.4, 0.5) is 11.5 Å². The van der Waals surface area contributed by atoms with E-state index in [1.54, 1.807) is 0 Å². The number of nitrogens with zero attached hydrogens (tertiary/aromatic N) is 3. The zero-order valence-corrected chi connectivity index (χ0v) is 18.9. The number of aromatic nitrogens is 4. The monoisotopic (exact) mass is 497 g/mol. The van der Waals surface area contributed by atoms with Crippen LogP contribution in [0, 0.1) is 0 Å². The van der Waals surface area contributed by atoms with Crippen molar-refractivity contribution in [3.05, 3.63) is 46.6 Å². The molecule has 32 heavy (non-hydrogen) atoms. The molecular formula is C17H19N7O5S3. The van der Waals surface area contributed by atoms with Gasteiger partial charge in [0, 0.05) is 23.9 Å². The molecule has 15 heteroatoms. The Hall–Kier alpha value is -2.88. The number of primary sulfonamides is 1. The summed E-state index contributed by atoms with van der Waals surface area (Å²) in [4.78, 5) is 30.0. The number of hydrogen-bond donors (Lipinski definition) is 4. The summed E-state index contributed by atoms with van der Waals surface area (Å²) in [5, 5.41) is 16.2. The van der Waals surface area contributed by atoms with Gasteiger partial charge in [0.05, 0.1) is 10.6 Å². The van der Waals surface area contributed by atoms with Gasteiger partial charge in [-0.2, -0.15) is 0 Å². The van der Waals surface area contributed by atoms with Crippen LogP contribution in [0.25, 0.3) is 0 Å². The molecule has 0 aliphatic carbocycles. The number of nitrogen functional groups attached to an aromatic ring is 1. The fourth-order valence-corrected chi connectivity index (χ4v) is 4.28. The average Bonchev–Trinajstić information content (AvgIpc) is 3.17. The van der Waals surface area contributed by atoms with Crippen LogP contribution in [-0.4, -0.2) is 46.0 Å². The Morgan fingerprint density at radius 2 is 1.94 bits per heavy atom. The van der Waals surface area contributed by atoms with Gasteiger partial charge in [0.2, 0.25) is 21.8 Å². The quantitative estimate of drug-likeness (QED) is 0.176. The highest BCUT2D eigenvalue weighted by Gasteiger charge is 2.11. The van der Waals surface area contributed by atoms with Crippen LogP contribution < -0.4 is 21.7 Å². The lowest BCUT2D eigenvalue weighted by Crippen LogP contribution is -2.15. The number of nitrogens with one attached hydrogen (secondary N) is 2. The summed E-state index contributed by atoms with van der Waals surface area (Å²) in [5.41, 5.74) is 5.67. The van der Waals surface area contributed by atoms with E-state index in [4.69, 9.17) is 15.3 Å². The number of carbonyl (C=O) groups excluding carboxylic acids is 1. The number of H-pyrrole nitrogens is 1. The maximum absolute atomic E-state index is 12.1. The molecule has 0 unspecified atom stereocenters. The maximum atomic E-state index is 12.1. The standard InChI is InChI=1S/C17H19N7O5S3/c18-12-8-13(25)22-16(21-12)30-7-1-2-15-23-24-17(29-15)31-9-14(26)20-10-3-5-11(6-4-10)32(19,27)28/h3-6,8H,1-2,7,9H2,(H,20,26)(H2,19,27,28)(H3,18,21,22,25). The van der Waals surface area contributed by atoms with Gasteiger partial charge in [-0.05, 0) is 30.7 Å². The lowest BCUT2D eigenvalue weighted by atomic mass is 10.3. The largest absolute Gasteiger partial charge is 0.416 e. The number of hydrogen-bond acceptors (Lipinski definition) is 11. The number of benzene rings is 1. The first-order valence-electron chi connectivity index (χ1n) is 9.06. The molecule has 1 aromatic carbocycles. The average molecular weight is 498 g/mol. The minimum Gasteiger partial charge on any atom is -0.416 e. The van der Waals surface area contributed by atoms with E-state index in [-0.39, 0.29) is 33.2 Å². The first-order chi connectivity index (χ1) is 15.2. The second kappa shape index (κ2) is 10.6. The van der Waals surface area contributed by atoms with Crippen molar-refractivity contribution < 1.29 is 17.6 Å². The predicted molar refractivity (Wildman–Crippen MR) is 120 cm³/mol. The van der Waals surface area contributed by atoms with Crippen molar-refractivity contribution in [3.63, 3.8) is 0 Å². The van der Waals surface area contributed by atoms with Crippen LogP contribution in [0.3, 0.4) is 0 Å². The molecule has 6 N–H and O–H groups in total. The van der Waals surface area contributed by atoms with Crippen molar-refractivity contribution in [2.24, 2.45) is 5.14 Å². The Bertz CT molecular complexity index is 1240. The van der Waals surface area contributed by atoms with Crippen LogP contribution in [0.5, 0.6) is 0 Å². The molecule has 2 heterocycles. The number of aromatic amines is 1. The number of anilines is 2. The van der Waals surface area contributed by atoms with Gasteiger partial charge in [0.1, 0.15) is 5.82 Å². The maximum Gasteiger partial charge on any atom is 0.277 e. The van der Waals surface area contributed by atoms with E-state index in [0.717, 1.165) is 11.8 Å². The third-order valence-electron chi connectivity index (χ3n) is 3.76. The van der Waals surface area contributed by atoms with Crippen LogP contribution in [0.15, 0.2) is 54.8 Å². The molecule has 0 bridgehead atoms. The zero-order valence-electron chi connectivity index (χ0n) is 16.5. The summed E-state index contributed by atoms with van der Waals surface area (Å²) in [5.74, 6) is 0.964. The fourth-order valence-electron chi connectivity index (χ4n) is 2.36. The molecule has 3 aromatic rings. The summed E-state index contributed by atoms with van der Waals surface area (Å²) in [6.45, 7) is 0. The summed E-state index contributed by atoms with van der Waals surface area (Å²) in [6.07, 6.45) is 1.22. The third-order valence-corrected chi connectivity index (χ3v) is 6.46. The number of carbonyl (C=O) groups is 1. The van der Waals surface area contributed by atoms with Crippen LogP contribution >= 0.6 is 23.5 Å². The van der Waals surface area contributed by atoms with Gasteiger partial charge in [0.25, 0.3) is 10.8 Å². The topological polar surface area (TPSA) is 200 Å². The fraction of sp³-hybridized carbons (Fsp3) is 0.235. The first kappa shape index (κ1) is 23.8. The number of nitrogens with two attached hydrogens (primary N) is 2. The predicted octanol–water partition coefficient (Wildman–Crippen LogP) is 0.838. The minimum absolute atomic E-state index is 0.0306. The summed E-state index contributed by atoms with van der Waals surface area (Å²) in [6, 6.07) is 6.72. The molecular weight excluding hydrogens is 478 g/mol. The van der Waals surface area contributed by atoms with Crippen LogP contribution in [0.2, 0.25) is 0 Å². The lowest BCUT2D eigenvalue weighted by molar-refractivity contribution is -0.113. The zero-order chi connectivity index (χ0) is 23.1. The normalized spacial score (nSPS) is 11.4. The summed E-state index contributed by atoms with van der Waals surface area (Å²) >= 11 is 2.44. The molecule has 0 aliphatic heterocycles. The SMILES string of the molecule is Nc1cc(=O)[nH]c(SCCCc2nnc(SCC(=O)Nc3ccc(S(N)(=O)=O)cc3)o2)n1. The molecule has 0 saturated carbocycles. The van der Waals surface area contributed by atoms with E-state index in [9.17, 15) is 18.0 Å². The van der Waals surface area contributed by atoms with Gasteiger partial charge in [-0.1, -0.05) is 23.5 Å². The lowest BCUT2D eigenvalue weighted by Gasteiger charge is -2.05. The molecule has 170 valence electrons. The Labute approximate surface area is 191 Å². The Morgan fingerprint density at radius 3 is 2.62 bits per heavy atom. The smallest absolute Gasteiger partial charge is 0.277 e. The van der Waals surface area contributed by atoms with E-state index < -0.39 is 10.0 Å².